The van der Waals surface area contributed by atoms with Crippen LogP contribution in [-0.4, -0.2) is 65.1 Å². The molecule has 1 N–H and O–H groups in total. The van der Waals surface area contributed by atoms with Gasteiger partial charge in [-0.1, -0.05) is 23.2 Å². The van der Waals surface area contributed by atoms with Crippen LogP contribution in [0.3, 0.4) is 0 Å². The summed E-state index contributed by atoms with van der Waals surface area (Å²) in [5.74, 6) is -2.73. The number of rotatable bonds is 12. The van der Waals surface area contributed by atoms with Crippen LogP contribution in [0.2, 0.25) is 10.0 Å². The Bertz CT molecular complexity index is 2970. The first-order chi connectivity index (χ1) is 30.7. The molecule has 0 amide bonds. The molecule has 1 unspecified atom stereocenters. The molecule has 65 heavy (non-hydrogen) atoms. The number of nitriles is 2. The Morgan fingerprint density at radius 1 is 0.708 bits per heavy atom. The number of hydrogen-bond acceptors (Lipinski definition) is 16. The number of aldehydes is 1. The standard InChI is InChI=1S/C20H15ClF3N5O4.C19H11ClF3N5O4/c1-10(30)15-6-13(27-28-18(15)32-2)8-29-9-26-17(20(22,23)24)16(19(29)31)33-14-4-11(7-25)3-12(21)5-14;1-31-17-11(8-29)4-13(26-27-17)7-28-9-25-16(19(21,22)23)15(18(28)30)32-14-3-10(6-24)2-12(20)5-14/h3-6,9-10,30H,8H2,1-2H3;2-5,8-9H,7H2,1H3. The van der Waals surface area contributed by atoms with Crippen molar-refractivity contribution in [1.29, 1.82) is 10.5 Å². The van der Waals surface area contributed by atoms with Crippen molar-refractivity contribution in [2.24, 2.45) is 0 Å². The Morgan fingerprint density at radius 2 is 1.14 bits per heavy atom. The molecule has 6 aromatic rings. The lowest BCUT2D eigenvalue weighted by Gasteiger charge is -2.15. The molecule has 4 aromatic heterocycles. The summed E-state index contributed by atoms with van der Waals surface area (Å²) in [6.07, 6.45) is -9.16. The number of methoxy groups -OCH3 is 2. The minimum absolute atomic E-state index is 0.0141. The van der Waals surface area contributed by atoms with Crippen molar-refractivity contribution in [3.05, 3.63) is 137 Å². The molecule has 0 aliphatic heterocycles. The molecule has 2 aromatic carbocycles. The molecule has 0 saturated carbocycles. The van der Waals surface area contributed by atoms with Crippen LogP contribution >= 0.6 is 23.2 Å². The highest BCUT2D eigenvalue weighted by atomic mass is 35.5. The number of ether oxygens (including phenoxy) is 4. The van der Waals surface area contributed by atoms with Crippen molar-refractivity contribution in [3.63, 3.8) is 0 Å². The lowest BCUT2D eigenvalue weighted by atomic mass is 10.1. The van der Waals surface area contributed by atoms with Gasteiger partial charge in [0.2, 0.25) is 23.3 Å². The van der Waals surface area contributed by atoms with E-state index in [9.17, 15) is 45.8 Å². The first kappa shape index (κ1) is 48.4. The van der Waals surface area contributed by atoms with Crippen LogP contribution in [0.1, 0.15) is 62.9 Å². The third-order valence-electron chi connectivity index (χ3n) is 8.28. The monoisotopic (exact) mass is 946 g/mol. The fraction of sp³-hybridized carbons (Fsp3) is 0.205. The van der Waals surface area contributed by atoms with Gasteiger partial charge in [-0.05, 0) is 55.5 Å². The molecule has 0 aliphatic carbocycles. The number of benzene rings is 2. The molecule has 0 fully saturated rings. The van der Waals surface area contributed by atoms with Crippen molar-refractivity contribution < 1.29 is 55.2 Å². The fourth-order valence-electron chi connectivity index (χ4n) is 5.44. The molecule has 0 bridgehead atoms. The second-order valence-corrected chi connectivity index (χ2v) is 13.8. The number of alkyl halides is 6. The van der Waals surface area contributed by atoms with Gasteiger partial charge in [-0.2, -0.15) is 36.9 Å². The molecule has 18 nitrogen and oxygen atoms in total. The van der Waals surface area contributed by atoms with Gasteiger partial charge in [0.05, 0.1) is 86.3 Å². The highest BCUT2D eigenvalue weighted by Crippen LogP contribution is 2.37. The molecule has 0 radical (unpaired) electrons. The second-order valence-electron chi connectivity index (χ2n) is 12.9. The molecular weight excluding hydrogens is 921 g/mol. The van der Waals surface area contributed by atoms with Gasteiger partial charge in [0.15, 0.2) is 17.7 Å². The zero-order valence-corrected chi connectivity index (χ0v) is 34.7. The normalized spacial score (nSPS) is 11.6. The Morgan fingerprint density at radius 3 is 1.52 bits per heavy atom. The van der Waals surface area contributed by atoms with E-state index in [4.69, 9.17) is 52.7 Å². The van der Waals surface area contributed by atoms with Gasteiger partial charge in [0.25, 0.3) is 11.1 Å². The first-order valence-electron chi connectivity index (χ1n) is 17.7. The van der Waals surface area contributed by atoms with E-state index in [2.05, 4.69) is 30.4 Å². The first-order valence-corrected chi connectivity index (χ1v) is 18.5. The zero-order valence-electron chi connectivity index (χ0n) is 33.1. The van der Waals surface area contributed by atoms with Crippen molar-refractivity contribution >= 4 is 29.5 Å². The summed E-state index contributed by atoms with van der Waals surface area (Å²) < 4.78 is 103. The summed E-state index contributed by atoms with van der Waals surface area (Å²) in [7, 11) is 2.61. The van der Waals surface area contributed by atoms with Crippen molar-refractivity contribution in [3.8, 4) is 46.9 Å². The minimum Gasteiger partial charge on any atom is -0.480 e. The molecule has 6 rings (SSSR count). The highest BCUT2D eigenvalue weighted by molar-refractivity contribution is 6.31. The maximum Gasteiger partial charge on any atom is 0.437 e. The summed E-state index contributed by atoms with van der Waals surface area (Å²) in [4.78, 5) is 43.5. The number of hydrogen-bond donors (Lipinski definition) is 1. The van der Waals surface area contributed by atoms with Gasteiger partial charge < -0.3 is 24.1 Å². The van der Waals surface area contributed by atoms with Crippen LogP contribution < -0.4 is 30.1 Å². The van der Waals surface area contributed by atoms with E-state index in [1.165, 1.54) is 45.4 Å². The molecule has 0 saturated heterocycles. The lowest BCUT2D eigenvalue weighted by Crippen LogP contribution is -2.27. The average Bonchev–Trinajstić information content (AvgIpc) is 3.25. The maximum atomic E-state index is 13.5. The molecule has 0 aliphatic rings. The summed E-state index contributed by atoms with van der Waals surface area (Å²) in [5, 5.41) is 43.1. The Hall–Kier alpha value is -7.67. The average molecular weight is 948 g/mol. The molecule has 336 valence electrons. The van der Waals surface area contributed by atoms with Crippen LogP contribution in [0.4, 0.5) is 26.3 Å². The molecule has 4 heterocycles. The number of nitrogens with zero attached hydrogens (tertiary/aromatic N) is 10. The van der Waals surface area contributed by atoms with Gasteiger partial charge in [-0.15, -0.1) is 20.4 Å². The predicted molar refractivity (Wildman–Crippen MR) is 211 cm³/mol. The minimum atomic E-state index is -5.01. The van der Waals surface area contributed by atoms with Crippen LogP contribution in [-0.2, 0) is 25.4 Å². The predicted octanol–water partition coefficient (Wildman–Crippen LogP) is 6.72. The maximum absolute atomic E-state index is 13.5. The third-order valence-corrected chi connectivity index (χ3v) is 8.71. The third kappa shape index (κ3) is 11.9. The van der Waals surface area contributed by atoms with Crippen molar-refractivity contribution in [1.82, 2.24) is 39.5 Å². The van der Waals surface area contributed by atoms with E-state index in [-0.39, 0.29) is 80.0 Å². The number of aliphatic hydroxyl groups excluding tert-OH is 1. The lowest BCUT2D eigenvalue weighted by molar-refractivity contribution is -0.143. The second kappa shape index (κ2) is 20.2. The number of aliphatic hydroxyl groups is 1. The quantitative estimate of drug-likeness (QED) is 0.0989. The zero-order chi connectivity index (χ0) is 47.8. The van der Waals surface area contributed by atoms with Gasteiger partial charge >= 0.3 is 12.4 Å². The van der Waals surface area contributed by atoms with Gasteiger partial charge in [-0.3, -0.25) is 23.5 Å². The Labute approximate surface area is 370 Å². The van der Waals surface area contributed by atoms with E-state index < -0.39 is 52.5 Å². The van der Waals surface area contributed by atoms with Gasteiger partial charge in [0, 0.05) is 15.6 Å². The summed E-state index contributed by atoms with van der Waals surface area (Å²) in [6.45, 7) is 0.773. The SMILES string of the molecule is COc1nnc(Cn2cnc(C(F)(F)F)c(Oc3cc(Cl)cc(C#N)c3)c2=O)cc1C(C)O.COc1nnc(Cn2cnc(C(F)(F)F)c(Oc3cc(Cl)cc(C#N)c3)c2=O)cc1C=O. The van der Waals surface area contributed by atoms with Crippen LogP contribution in [0.15, 0.2) is 70.8 Å². The number of halogens is 8. The van der Waals surface area contributed by atoms with Gasteiger partial charge in [-0.25, -0.2) is 9.97 Å². The number of carbonyl (C=O) groups is 1. The van der Waals surface area contributed by atoms with Crippen LogP contribution in [0.25, 0.3) is 0 Å². The van der Waals surface area contributed by atoms with E-state index in [1.807, 2.05) is 0 Å². The summed E-state index contributed by atoms with van der Waals surface area (Å²) >= 11 is 11.7. The van der Waals surface area contributed by atoms with E-state index in [0.717, 1.165) is 33.4 Å². The van der Waals surface area contributed by atoms with Crippen molar-refractivity contribution in [2.75, 3.05) is 14.2 Å². The van der Waals surface area contributed by atoms with Crippen molar-refractivity contribution in [2.45, 2.75) is 38.5 Å². The van der Waals surface area contributed by atoms with E-state index in [1.54, 1.807) is 12.1 Å². The smallest absolute Gasteiger partial charge is 0.437 e. The van der Waals surface area contributed by atoms with Gasteiger partial charge in [0.1, 0.15) is 11.5 Å². The van der Waals surface area contributed by atoms with E-state index in [0.29, 0.717) is 18.9 Å². The molecule has 0 spiro atoms. The Balaban J connectivity index is 0.000000244. The highest BCUT2D eigenvalue weighted by Gasteiger charge is 2.40. The Kier molecular flexibility index (Phi) is 15.1. The topological polar surface area (TPSA) is 243 Å². The number of aromatic nitrogens is 8. The molecule has 1 atom stereocenters. The summed E-state index contributed by atoms with van der Waals surface area (Å²) in [5.41, 5.74) is -4.88. The molecular formula is C39H26Cl2F6N10O8. The summed E-state index contributed by atoms with van der Waals surface area (Å²) in [6, 6.07) is 13.3. The fourth-order valence-corrected chi connectivity index (χ4v) is 5.89. The van der Waals surface area contributed by atoms with Crippen LogP contribution in [0.5, 0.6) is 34.8 Å². The molecule has 26 heteroatoms. The van der Waals surface area contributed by atoms with E-state index >= 15 is 0 Å². The van der Waals surface area contributed by atoms with Crippen LogP contribution in [0, 0.1) is 22.7 Å². The largest absolute Gasteiger partial charge is 0.480 e. The number of carbonyl (C=O) groups excluding carboxylic acids is 1.